The highest BCUT2D eigenvalue weighted by molar-refractivity contribution is 6.26. The molecule has 3 aromatic rings. The third kappa shape index (κ3) is 5.51. The molecular weight excluding hydrogens is 444 g/mol. The van der Waals surface area contributed by atoms with Gasteiger partial charge in [0.05, 0.1) is 19.2 Å². The zero-order chi connectivity index (χ0) is 25.1. The number of hydrogen-bond donors (Lipinski definition) is 1. The van der Waals surface area contributed by atoms with Crippen LogP contribution in [0.2, 0.25) is 0 Å². The van der Waals surface area contributed by atoms with Crippen LogP contribution in [-0.4, -0.2) is 50.4 Å². The number of rotatable bonds is 8. The van der Waals surface area contributed by atoms with Gasteiger partial charge in [-0.05, 0) is 71.5 Å². The number of carboxylic acid groups (broad SMARTS) is 1. The minimum absolute atomic E-state index is 0.110. The molecule has 1 fully saturated rings. The molecule has 1 N–H and O–H groups in total. The van der Waals surface area contributed by atoms with Gasteiger partial charge in [0.15, 0.2) is 0 Å². The first-order chi connectivity index (χ1) is 16.8. The molecule has 1 aliphatic carbocycles. The van der Waals surface area contributed by atoms with E-state index < -0.39 is 5.97 Å². The molecule has 2 aromatic carbocycles. The molecule has 0 bridgehead atoms. The van der Waals surface area contributed by atoms with Crippen LogP contribution in [-0.2, 0) is 23.2 Å². The zero-order valence-corrected chi connectivity index (χ0v) is 20.3. The third-order valence-corrected chi connectivity index (χ3v) is 6.00. The number of hydrogen-bond acceptors (Lipinski definition) is 7. The molecule has 0 aliphatic heterocycles. The van der Waals surface area contributed by atoms with Crippen molar-refractivity contribution >= 4 is 18.1 Å². The average molecular weight is 473 g/mol. The van der Waals surface area contributed by atoms with Gasteiger partial charge in [-0.15, -0.1) is 10.2 Å². The quantitative estimate of drug-likeness (QED) is 0.391. The number of carboxylic acids is 1. The van der Waals surface area contributed by atoms with E-state index in [0.717, 1.165) is 33.4 Å². The Morgan fingerprint density at radius 2 is 1.97 bits per heavy atom. The van der Waals surface area contributed by atoms with E-state index in [1.807, 2.05) is 12.1 Å². The van der Waals surface area contributed by atoms with Crippen molar-refractivity contribution in [3.63, 3.8) is 0 Å². The first-order valence-electron chi connectivity index (χ1n) is 11.3. The number of aromatic nitrogens is 4. The van der Waals surface area contributed by atoms with Crippen molar-refractivity contribution in [2.75, 3.05) is 7.05 Å². The number of aryl methyl sites for hydroxylation is 3. The maximum Gasteiger partial charge on any atom is 0.307 e. The Bertz CT molecular complexity index is 1320. The number of allylic oxidation sites excluding steroid dienone is 1. The second kappa shape index (κ2) is 10.0. The summed E-state index contributed by atoms with van der Waals surface area (Å²) in [5.41, 5.74) is 6.93. The van der Waals surface area contributed by atoms with Gasteiger partial charge >= 0.3 is 5.97 Å². The summed E-state index contributed by atoms with van der Waals surface area (Å²) >= 11 is 0. The first kappa shape index (κ1) is 24.0. The third-order valence-electron chi connectivity index (χ3n) is 6.00. The van der Waals surface area contributed by atoms with Crippen molar-refractivity contribution in [1.29, 1.82) is 0 Å². The number of aliphatic carboxylic acids is 1. The van der Waals surface area contributed by atoms with Gasteiger partial charge in [-0.25, -0.2) is 0 Å². The second-order valence-electron chi connectivity index (χ2n) is 8.67. The fourth-order valence-corrected chi connectivity index (χ4v) is 4.15. The normalized spacial score (nSPS) is 17.5. The van der Waals surface area contributed by atoms with Crippen molar-refractivity contribution in [3.8, 4) is 22.5 Å². The molecule has 0 saturated heterocycles. The largest absolute Gasteiger partial charge is 0.481 e. The number of carbonyl (C=O) groups is 1. The summed E-state index contributed by atoms with van der Waals surface area (Å²) in [6.07, 6.45) is 2.07. The van der Waals surface area contributed by atoms with Gasteiger partial charge in [0.2, 0.25) is 11.7 Å². The molecule has 2 atom stereocenters. The van der Waals surface area contributed by atoms with Crippen LogP contribution in [0, 0.1) is 25.7 Å². The molecule has 9 heteroatoms. The minimum Gasteiger partial charge on any atom is -0.481 e. The number of benzene rings is 2. The second-order valence-corrected chi connectivity index (χ2v) is 8.67. The number of nitrogens with zero attached hydrogens (tertiary/aromatic N) is 6. The molecular formula is C26H28N6O3. The van der Waals surface area contributed by atoms with E-state index in [-0.39, 0.29) is 11.8 Å². The molecule has 1 aliphatic rings. The van der Waals surface area contributed by atoms with Crippen LogP contribution in [0.1, 0.15) is 23.1 Å². The molecule has 1 aromatic heterocycles. The summed E-state index contributed by atoms with van der Waals surface area (Å²) in [6, 6.07) is 12.3. The summed E-state index contributed by atoms with van der Waals surface area (Å²) in [5, 5.41) is 21.4. The van der Waals surface area contributed by atoms with Crippen LogP contribution in [0.3, 0.4) is 0 Å². The maximum atomic E-state index is 11.0. The van der Waals surface area contributed by atoms with E-state index in [1.165, 1.54) is 11.0 Å². The summed E-state index contributed by atoms with van der Waals surface area (Å²) in [6.45, 7) is 8.35. The van der Waals surface area contributed by atoms with E-state index in [0.29, 0.717) is 30.4 Å². The first-order valence-corrected chi connectivity index (χ1v) is 11.3. The number of ether oxygens (including phenoxy) is 1. The lowest BCUT2D eigenvalue weighted by molar-refractivity contribution is -0.138. The van der Waals surface area contributed by atoms with Crippen LogP contribution >= 0.6 is 0 Å². The molecule has 0 spiro atoms. The van der Waals surface area contributed by atoms with Crippen LogP contribution in [0.5, 0.6) is 0 Å². The predicted octanol–water partition coefficient (Wildman–Crippen LogP) is 4.01. The van der Waals surface area contributed by atoms with Gasteiger partial charge in [-0.2, -0.15) is 4.80 Å². The minimum atomic E-state index is -0.808. The number of tetrazole rings is 1. The Morgan fingerprint density at radius 1 is 1.23 bits per heavy atom. The van der Waals surface area contributed by atoms with Crippen LogP contribution in [0.25, 0.3) is 22.5 Å². The monoisotopic (exact) mass is 472 g/mol. The Hall–Kier alpha value is -4.14. The molecule has 180 valence electrons. The van der Waals surface area contributed by atoms with E-state index in [2.05, 4.69) is 70.1 Å². The fourth-order valence-electron chi connectivity index (χ4n) is 4.15. The summed E-state index contributed by atoms with van der Waals surface area (Å²) in [5.74, 6) is -0.345. The smallest absolute Gasteiger partial charge is 0.307 e. The van der Waals surface area contributed by atoms with Crippen LogP contribution < -0.4 is 0 Å². The molecule has 0 radical (unpaired) electrons. The zero-order valence-electron chi connectivity index (χ0n) is 20.3. The molecule has 0 amide bonds. The van der Waals surface area contributed by atoms with E-state index in [9.17, 15) is 4.79 Å². The molecule has 1 heterocycles. The van der Waals surface area contributed by atoms with Gasteiger partial charge in [0, 0.05) is 24.2 Å². The fraction of sp³-hybridized carbons (Fsp3) is 0.308. The highest BCUT2D eigenvalue weighted by Crippen LogP contribution is 2.44. The summed E-state index contributed by atoms with van der Waals surface area (Å²) in [7, 11) is 3.37. The molecule has 0 unspecified atom stereocenters. The summed E-state index contributed by atoms with van der Waals surface area (Å²) < 4.78 is 5.85. The number of aliphatic imine (C=N–C) groups is 2. The predicted molar refractivity (Wildman–Crippen MR) is 134 cm³/mol. The Balaban J connectivity index is 1.45. The lowest BCUT2D eigenvalue weighted by Gasteiger charge is -2.13. The van der Waals surface area contributed by atoms with Crippen molar-refractivity contribution in [2.24, 2.45) is 28.9 Å². The van der Waals surface area contributed by atoms with Crippen LogP contribution in [0.4, 0.5) is 0 Å². The highest BCUT2D eigenvalue weighted by Gasteiger charge is 2.45. The lowest BCUT2D eigenvalue weighted by Crippen LogP contribution is -2.07. The van der Waals surface area contributed by atoms with Gasteiger partial charge in [-0.1, -0.05) is 24.8 Å². The lowest BCUT2D eigenvalue weighted by atomic mass is 9.92. The standard InChI is InChI=1S/C26H28N6O3/c1-15-9-20(25-29-31-32(5)30-25)10-16(2)24(15)19-8-6-7-18(11-19)14-35-23(27-4)13-28-17(3)21-12-22(21)26(33)34/h6-11,13,21-22H,3,12,14H2,1-2,4-5H3,(H,33,34)/t21-,22+/m1/s1. The molecule has 4 rings (SSSR count). The van der Waals surface area contributed by atoms with Gasteiger partial charge in [-0.3, -0.25) is 14.8 Å². The van der Waals surface area contributed by atoms with Gasteiger partial charge in [0.1, 0.15) is 6.61 Å². The average Bonchev–Trinajstić information content (AvgIpc) is 3.53. The Morgan fingerprint density at radius 3 is 2.57 bits per heavy atom. The van der Waals surface area contributed by atoms with Crippen molar-refractivity contribution in [2.45, 2.75) is 26.9 Å². The molecule has 35 heavy (non-hydrogen) atoms. The van der Waals surface area contributed by atoms with E-state index >= 15 is 0 Å². The highest BCUT2D eigenvalue weighted by atomic mass is 16.5. The molecule has 1 saturated carbocycles. The Kier molecular flexibility index (Phi) is 6.86. The van der Waals surface area contributed by atoms with Gasteiger partial charge < -0.3 is 9.84 Å². The van der Waals surface area contributed by atoms with E-state index in [4.69, 9.17) is 9.84 Å². The Labute approximate surface area is 203 Å². The SMILES string of the molecule is C=C(N=CC(=NC)OCc1cccc(-c2c(C)cc(-c3nnn(C)n3)cc2C)c1)[C@H]1C[C@@H]1C(=O)O. The van der Waals surface area contributed by atoms with E-state index in [1.54, 1.807) is 14.1 Å². The maximum absolute atomic E-state index is 11.0. The molecule has 9 nitrogen and oxygen atoms in total. The van der Waals surface area contributed by atoms with Crippen molar-refractivity contribution in [3.05, 3.63) is 65.4 Å². The summed E-state index contributed by atoms with van der Waals surface area (Å²) in [4.78, 5) is 20.9. The van der Waals surface area contributed by atoms with Crippen LogP contribution in [0.15, 0.2) is 58.7 Å². The van der Waals surface area contributed by atoms with Gasteiger partial charge in [0.25, 0.3) is 0 Å². The topological polar surface area (TPSA) is 115 Å². The van der Waals surface area contributed by atoms with Crippen molar-refractivity contribution < 1.29 is 14.6 Å². The van der Waals surface area contributed by atoms with Crippen molar-refractivity contribution in [1.82, 2.24) is 20.2 Å².